The second-order valence-electron chi connectivity index (χ2n) is 1.91. The molecule has 0 rings (SSSR count). The van der Waals surface area contributed by atoms with Crippen LogP contribution in [0.4, 0.5) is 0 Å². The van der Waals surface area contributed by atoms with E-state index < -0.39 is 0 Å². The topological polar surface area (TPSA) is 12.0 Å². The Labute approximate surface area is 57.3 Å². The van der Waals surface area contributed by atoms with Crippen molar-refractivity contribution in [3.8, 4) is 0 Å². The van der Waals surface area contributed by atoms with Gasteiger partial charge in [0.05, 0.1) is 0 Å². The summed E-state index contributed by atoms with van der Waals surface area (Å²) in [5, 5.41) is 3.20. The molecule has 1 unspecified atom stereocenters. The fourth-order valence-electron chi connectivity index (χ4n) is 0.708. The SMILES string of the molecule is CCC(CCS)NC. The predicted octanol–water partition coefficient (Wildman–Crippen LogP) is 1.30. The molecule has 0 saturated carbocycles. The molecule has 1 nitrogen and oxygen atoms in total. The molecule has 0 aliphatic carbocycles. The molecule has 0 aromatic heterocycles. The molecule has 0 aliphatic heterocycles. The molecule has 0 aromatic rings. The molecule has 2 heteroatoms. The molecule has 0 spiro atoms. The smallest absolute Gasteiger partial charge is 0.00692 e. The summed E-state index contributed by atoms with van der Waals surface area (Å²) in [6.45, 7) is 2.19. The Morgan fingerprint density at radius 2 is 2.25 bits per heavy atom. The van der Waals surface area contributed by atoms with Crippen molar-refractivity contribution in [3.05, 3.63) is 0 Å². The first-order valence-corrected chi connectivity index (χ1v) is 3.76. The first kappa shape index (κ1) is 8.31. The van der Waals surface area contributed by atoms with Gasteiger partial charge < -0.3 is 5.32 Å². The van der Waals surface area contributed by atoms with E-state index in [4.69, 9.17) is 0 Å². The maximum absolute atomic E-state index is 4.13. The summed E-state index contributed by atoms with van der Waals surface area (Å²) in [6.07, 6.45) is 2.38. The van der Waals surface area contributed by atoms with Crippen molar-refractivity contribution in [1.29, 1.82) is 0 Å². The van der Waals surface area contributed by atoms with Gasteiger partial charge in [-0.25, -0.2) is 0 Å². The standard InChI is InChI=1S/C6H15NS/c1-3-6(7-2)4-5-8/h6-8H,3-5H2,1-2H3. The molecule has 0 radical (unpaired) electrons. The van der Waals surface area contributed by atoms with Crippen LogP contribution in [0.25, 0.3) is 0 Å². The van der Waals surface area contributed by atoms with Crippen LogP contribution >= 0.6 is 12.6 Å². The summed E-state index contributed by atoms with van der Waals surface area (Å²) in [5.74, 6) is 0.985. The monoisotopic (exact) mass is 133 g/mol. The second-order valence-corrected chi connectivity index (χ2v) is 2.35. The molecule has 0 saturated heterocycles. The number of hydrogen-bond donors (Lipinski definition) is 2. The van der Waals surface area contributed by atoms with E-state index in [-0.39, 0.29) is 0 Å². The molecule has 8 heavy (non-hydrogen) atoms. The van der Waals surface area contributed by atoms with Gasteiger partial charge in [-0.2, -0.15) is 12.6 Å². The zero-order chi connectivity index (χ0) is 6.41. The van der Waals surface area contributed by atoms with Gasteiger partial charge in [-0.15, -0.1) is 0 Å². The van der Waals surface area contributed by atoms with Crippen molar-refractivity contribution in [2.75, 3.05) is 12.8 Å². The van der Waals surface area contributed by atoms with E-state index in [1.807, 2.05) is 7.05 Å². The van der Waals surface area contributed by atoms with E-state index in [9.17, 15) is 0 Å². The van der Waals surface area contributed by atoms with Crippen LogP contribution in [0, 0.1) is 0 Å². The highest BCUT2D eigenvalue weighted by Gasteiger charge is 1.97. The van der Waals surface area contributed by atoms with Gasteiger partial charge in [-0.1, -0.05) is 6.92 Å². The molecule has 0 heterocycles. The molecular formula is C6H15NS. The molecule has 1 N–H and O–H groups in total. The summed E-state index contributed by atoms with van der Waals surface area (Å²) < 4.78 is 0. The van der Waals surface area contributed by atoms with Gasteiger partial charge in [0.1, 0.15) is 0 Å². The highest BCUT2D eigenvalue weighted by atomic mass is 32.1. The van der Waals surface area contributed by atoms with Crippen LogP contribution in [0.1, 0.15) is 19.8 Å². The van der Waals surface area contributed by atoms with Gasteiger partial charge in [0, 0.05) is 6.04 Å². The summed E-state index contributed by atoms with van der Waals surface area (Å²) in [6, 6.07) is 0.674. The van der Waals surface area contributed by atoms with Crippen LogP contribution < -0.4 is 5.32 Å². The number of thiol groups is 1. The highest BCUT2D eigenvalue weighted by Crippen LogP contribution is 1.96. The molecule has 0 aliphatic rings. The molecule has 0 amide bonds. The van der Waals surface area contributed by atoms with E-state index >= 15 is 0 Å². The van der Waals surface area contributed by atoms with Crippen LogP contribution in [0.3, 0.4) is 0 Å². The molecule has 0 fully saturated rings. The summed E-state index contributed by atoms with van der Waals surface area (Å²) in [5.41, 5.74) is 0. The minimum atomic E-state index is 0.674. The number of nitrogens with one attached hydrogen (secondary N) is 1. The van der Waals surface area contributed by atoms with Crippen molar-refractivity contribution < 1.29 is 0 Å². The van der Waals surface area contributed by atoms with Crippen LogP contribution in [0.5, 0.6) is 0 Å². The van der Waals surface area contributed by atoms with Gasteiger partial charge in [-0.3, -0.25) is 0 Å². The largest absolute Gasteiger partial charge is 0.317 e. The molecule has 1 atom stereocenters. The lowest BCUT2D eigenvalue weighted by Crippen LogP contribution is -2.24. The third-order valence-corrected chi connectivity index (χ3v) is 1.64. The van der Waals surface area contributed by atoms with Crippen LogP contribution in [-0.2, 0) is 0 Å². The van der Waals surface area contributed by atoms with Crippen molar-refractivity contribution in [2.45, 2.75) is 25.8 Å². The maximum Gasteiger partial charge on any atom is 0.00692 e. The van der Waals surface area contributed by atoms with Gasteiger partial charge in [0.15, 0.2) is 0 Å². The highest BCUT2D eigenvalue weighted by molar-refractivity contribution is 7.80. The quantitative estimate of drug-likeness (QED) is 0.551. The van der Waals surface area contributed by atoms with E-state index in [0.717, 1.165) is 5.75 Å². The lowest BCUT2D eigenvalue weighted by Gasteiger charge is -2.10. The van der Waals surface area contributed by atoms with Crippen LogP contribution in [0.15, 0.2) is 0 Å². The predicted molar refractivity (Wildman–Crippen MR) is 41.6 cm³/mol. The summed E-state index contributed by atoms with van der Waals surface area (Å²) in [4.78, 5) is 0. The van der Waals surface area contributed by atoms with E-state index in [1.54, 1.807) is 0 Å². The van der Waals surface area contributed by atoms with Crippen molar-refractivity contribution >= 4 is 12.6 Å². The fraction of sp³-hybridized carbons (Fsp3) is 1.00. The summed E-state index contributed by atoms with van der Waals surface area (Å²) in [7, 11) is 2.00. The molecule has 50 valence electrons. The van der Waals surface area contributed by atoms with Gasteiger partial charge in [-0.05, 0) is 25.6 Å². The van der Waals surface area contributed by atoms with Crippen LogP contribution in [-0.4, -0.2) is 18.8 Å². The zero-order valence-electron chi connectivity index (χ0n) is 5.65. The number of hydrogen-bond acceptors (Lipinski definition) is 2. The van der Waals surface area contributed by atoms with E-state index in [0.29, 0.717) is 6.04 Å². The van der Waals surface area contributed by atoms with Crippen LogP contribution in [0.2, 0.25) is 0 Å². The second kappa shape index (κ2) is 5.45. The molecule has 0 bridgehead atoms. The average molecular weight is 133 g/mol. The fourth-order valence-corrected chi connectivity index (χ4v) is 1.02. The van der Waals surface area contributed by atoms with Crippen molar-refractivity contribution in [2.24, 2.45) is 0 Å². The minimum Gasteiger partial charge on any atom is -0.317 e. The summed E-state index contributed by atoms with van der Waals surface area (Å²) >= 11 is 4.13. The van der Waals surface area contributed by atoms with Crippen molar-refractivity contribution in [1.82, 2.24) is 5.32 Å². The van der Waals surface area contributed by atoms with Gasteiger partial charge in [0.25, 0.3) is 0 Å². The van der Waals surface area contributed by atoms with Gasteiger partial charge >= 0.3 is 0 Å². The first-order valence-electron chi connectivity index (χ1n) is 3.13. The van der Waals surface area contributed by atoms with E-state index in [2.05, 4.69) is 24.9 Å². The normalized spacial score (nSPS) is 13.9. The Morgan fingerprint density at radius 3 is 2.38 bits per heavy atom. The first-order chi connectivity index (χ1) is 3.85. The molecule has 0 aromatic carbocycles. The Hall–Kier alpha value is 0.310. The third kappa shape index (κ3) is 3.33. The Morgan fingerprint density at radius 1 is 1.62 bits per heavy atom. The van der Waals surface area contributed by atoms with E-state index in [1.165, 1.54) is 12.8 Å². The zero-order valence-corrected chi connectivity index (χ0v) is 6.54. The average Bonchev–Trinajstić information content (AvgIpc) is 1.83. The lowest BCUT2D eigenvalue weighted by molar-refractivity contribution is 0.535. The Kier molecular flexibility index (Phi) is 5.66. The Bertz CT molecular complexity index is 43.8. The minimum absolute atomic E-state index is 0.674. The van der Waals surface area contributed by atoms with Crippen molar-refractivity contribution in [3.63, 3.8) is 0 Å². The molecular weight excluding hydrogens is 118 g/mol. The third-order valence-electron chi connectivity index (χ3n) is 1.38. The lowest BCUT2D eigenvalue weighted by atomic mass is 10.2. The Balaban J connectivity index is 3.07. The van der Waals surface area contributed by atoms with Gasteiger partial charge in [0.2, 0.25) is 0 Å². The number of rotatable bonds is 4. The maximum atomic E-state index is 4.13.